The molecule has 33 heavy (non-hydrogen) atoms. The van der Waals surface area contributed by atoms with Gasteiger partial charge in [0, 0.05) is 30.2 Å². The van der Waals surface area contributed by atoms with Gasteiger partial charge >= 0.3 is 5.97 Å². The molecule has 176 valence electrons. The molecule has 4 fully saturated rings. The Morgan fingerprint density at radius 3 is 2.58 bits per heavy atom. The van der Waals surface area contributed by atoms with E-state index in [1.54, 1.807) is 18.5 Å². The van der Waals surface area contributed by atoms with Crippen molar-refractivity contribution in [1.82, 2.24) is 9.97 Å². The fourth-order valence-electron chi connectivity index (χ4n) is 6.02. The Balaban J connectivity index is 1.28. The number of amides is 1. The van der Waals surface area contributed by atoms with Crippen molar-refractivity contribution in [3.63, 3.8) is 0 Å². The molecule has 3 aliphatic heterocycles. The highest BCUT2D eigenvalue weighted by molar-refractivity contribution is 5.91. The van der Waals surface area contributed by atoms with Gasteiger partial charge in [-0.3, -0.25) is 4.79 Å². The molecule has 0 aromatic carbocycles. The predicted molar refractivity (Wildman–Crippen MR) is 118 cm³/mol. The number of quaternary nitrogens is 1. The van der Waals surface area contributed by atoms with Gasteiger partial charge in [-0.25, -0.2) is 14.8 Å². The SMILES string of the molecule is O=C(C[N+]12CCC(CC1)C(OC(=O)[C@](O)(c1ccoc1)C1CCCC1)C2)Nc1cncnc1. The maximum absolute atomic E-state index is 13.4. The Bertz CT molecular complexity index is 968. The minimum atomic E-state index is -1.69. The summed E-state index contributed by atoms with van der Waals surface area (Å²) in [5.41, 5.74) is -0.656. The summed E-state index contributed by atoms with van der Waals surface area (Å²) in [6.07, 6.45) is 12.5. The van der Waals surface area contributed by atoms with Gasteiger partial charge in [0.15, 0.2) is 18.2 Å². The lowest BCUT2D eigenvalue weighted by atomic mass is 9.80. The fraction of sp³-hybridized carbons (Fsp3) is 0.583. The summed E-state index contributed by atoms with van der Waals surface area (Å²) in [5.74, 6) is -0.600. The van der Waals surface area contributed by atoms with E-state index < -0.39 is 11.6 Å². The average molecular weight is 456 g/mol. The number of carbonyl (C=O) groups is 2. The highest BCUT2D eigenvalue weighted by Gasteiger charge is 2.53. The van der Waals surface area contributed by atoms with Crippen molar-refractivity contribution in [3.05, 3.63) is 42.9 Å². The number of nitrogens with zero attached hydrogens (tertiary/aromatic N) is 3. The molecular weight excluding hydrogens is 424 g/mol. The van der Waals surface area contributed by atoms with Gasteiger partial charge in [0.1, 0.15) is 12.9 Å². The second kappa shape index (κ2) is 8.87. The lowest BCUT2D eigenvalue weighted by Crippen LogP contribution is -2.66. The zero-order valence-corrected chi connectivity index (χ0v) is 18.7. The molecule has 1 aliphatic carbocycles. The van der Waals surface area contributed by atoms with Crippen LogP contribution >= 0.6 is 0 Å². The highest BCUT2D eigenvalue weighted by atomic mass is 16.6. The van der Waals surface area contributed by atoms with Crippen molar-refractivity contribution in [1.29, 1.82) is 0 Å². The van der Waals surface area contributed by atoms with Gasteiger partial charge in [-0.05, 0) is 18.9 Å². The van der Waals surface area contributed by atoms with Crippen LogP contribution < -0.4 is 5.32 Å². The number of piperidine rings is 3. The molecule has 1 saturated carbocycles. The van der Waals surface area contributed by atoms with Crippen LogP contribution in [0.2, 0.25) is 0 Å². The molecule has 2 N–H and O–H groups in total. The summed E-state index contributed by atoms with van der Waals surface area (Å²) in [6.45, 7) is 2.66. The first-order chi connectivity index (χ1) is 16.0. The number of esters is 1. The van der Waals surface area contributed by atoms with Crippen molar-refractivity contribution in [2.75, 3.05) is 31.5 Å². The van der Waals surface area contributed by atoms with E-state index in [-0.39, 0.29) is 23.8 Å². The molecule has 1 amide bonds. The third-order valence-electron chi connectivity index (χ3n) is 7.84. The first-order valence-corrected chi connectivity index (χ1v) is 11.8. The third-order valence-corrected chi connectivity index (χ3v) is 7.84. The zero-order chi connectivity index (χ0) is 22.9. The number of nitrogens with one attached hydrogen (secondary N) is 1. The Hall–Kier alpha value is -2.78. The largest absolute Gasteiger partial charge is 0.472 e. The number of furan rings is 1. The van der Waals surface area contributed by atoms with Crippen LogP contribution in [0, 0.1) is 11.8 Å². The summed E-state index contributed by atoms with van der Waals surface area (Å²) in [5, 5.41) is 14.5. The van der Waals surface area contributed by atoms with Gasteiger partial charge in [-0.1, -0.05) is 12.8 Å². The van der Waals surface area contributed by atoms with Gasteiger partial charge in [-0.2, -0.15) is 0 Å². The summed E-state index contributed by atoms with van der Waals surface area (Å²) in [6, 6.07) is 1.65. The predicted octanol–water partition coefficient (Wildman–Crippen LogP) is 2.24. The molecule has 6 rings (SSSR count). The average Bonchev–Trinajstić information content (AvgIpc) is 3.54. The van der Waals surface area contributed by atoms with Crippen molar-refractivity contribution < 1.29 is 28.3 Å². The Kier molecular flexibility index (Phi) is 5.92. The van der Waals surface area contributed by atoms with E-state index in [0.29, 0.717) is 28.8 Å². The first kappa shape index (κ1) is 22.0. The van der Waals surface area contributed by atoms with Crippen LogP contribution in [0.5, 0.6) is 0 Å². The maximum Gasteiger partial charge on any atom is 0.343 e. The van der Waals surface area contributed by atoms with Crippen molar-refractivity contribution in [2.24, 2.45) is 11.8 Å². The van der Waals surface area contributed by atoms with Crippen LogP contribution in [0.15, 0.2) is 41.7 Å². The molecule has 3 saturated heterocycles. The number of aromatic nitrogens is 2. The summed E-state index contributed by atoms with van der Waals surface area (Å²) >= 11 is 0. The van der Waals surface area contributed by atoms with Gasteiger partial charge in [0.25, 0.3) is 5.91 Å². The summed E-state index contributed by atoms with van der Waals surface area (Å²) in [4.78, 5) is 34.1. The van der Waals surface area contributed by atoms with Gasteiger partial charge < -0.3 is 24.1 Å². The molecule has 2 bridgehead atoms. The molecule has 4 aliphatic rings. The van der Waals surface area contributed by atoms with Crippen molar-refractivity contribution in [2.45, 2.75) is 50.2 Å². The van der Waals surface area contributed by atoms with E-state index in [1.807, 2.05) is 0 Å². The molecule has 2 aromatic heterocycles. The summed E-state index contributed by atoms with van der Waals surface area (Å²) < 4.78 is 11.8. The van der Waals surface area contributed by atoms with Crippen molar-refractivity contribution >= 4 is 17.6 Å². The van der Waals surface area contributed by atoms with Gasteiger partial charge in [0.2, 0.25) is 0 Å². The van der Waals surface area contributed by atoms with Crippen LogP contribution in [0.1, 0.15) is 44.1 Å². The van der Waals surface area contributed by atoms with E-state index in [9.17, 15) is 14.7 Å². The normalized spacial score (nSPS) is 28.9. The zero-order valence-electron chi connectivity index (χ0n) is 18.7. The fourth-order valence-corrected chi connectivity index (χ4v) is 6.02. The maximum atomic E-state index is 13.4. The Labute approximate surface area is 192 Å². The van der Waals surface area contributed by atoms with E-state index >= 15 is 0 Å². The number of carbonyl (C=O) groups excluding carboxylic acids is 2. The van der Waals surface area contributed by atoms with Crippen LogP contribution in [0.4, 0.5) is 5.69 Å². The van der Waals surface area contributed by atoms with Crippen LogP contribution in [-0.2, 0) is 19.9 Å². The molecule has 2 aromatic rings. The Morgan fingerprint density at radius 2 is 1.91 bits per heavy atom. The van der Waals surface area contributed by atoms with Crippen LogP contribution in [0.3, 0.4) is 0 Å². The monoisotopic (exact) mass is 455 g/mol. The van der Waals surface area contributed by atoms with E-state index in [2.05, 4.69) is 15.3 Å². The highest BCUT2D eigenvalue weighted by Crippen LogP contribution is 2.43. The van der Waals surface area contributed by atoms with Crippen molar-refractivity contribution in [3.8, 4) is 0 Å². The van der Waals surface area contributed by atoms with E-state index in [1.165, 1.54) is 18.9 Å². The van der Waals surface area contributed by atoms with Gasteiger partial charge in [0.05, 0.1) is 43.7 Å². The van der Waals surface area contributed by atoms with Crippen LogP contribution in [-0.4, -0.2) is 63.7 Å². The molecule has 2 atom stereocenters. The molecule has 0 radical (unpaired) electrons. The number of rotatable bonds is 7. The Morgan fingerprint density at radius 1 is 1.18 bits per heavy atom. The molecule has 9 nitrogen and oxygen atoms in total. The molecule has 5 heterocycles. The standard InChI is InChI=1S/C24H30N4O5/c29-22(27-20-11-25-16-26-12-20)14-28-8-5-17(6-9-28)21(13-28)33-23(30)24(31,18-3-1-2-4-18)19-7-10-32-15-19/h7,10-12,15-18,21,31H,1-6,8-9,13-14H2/p+1/t17?,21?,24-,28?/m1/s1. The second-order valence-corrected chi connectivity index (χ2v) is 9.85. The molecule has 1 unspecified atom stereocenters. The lowest BCUT2D eigenvalue weighted by Gasteiger charge is -2.51. The quantitative estimate of drug-likeness (QED) is 0.486. The van der Waals surface area contributed by atoms with E-state index in [4.69, 9.17) is 9.15 Å². The first-order valence-electron chi connectivity index (χ1n) is 11.8. The smallest absolute Gasteiger partial charge is 0.343 e. The number of anilines is 1. The summed E-state index contributed by atoms with van der Waals surface area (Å²) in [7, 11) is 0. The number of fused-ring (bicyclic) bond motifs is 3. The third kappa shape index (κ3) is 4.27. The lowest BCUT2D eigenvalue weighted by molar-refractivity contribution is -0.939. The van der Waals surface area contributed by atoms with E-state index in [0.717, 1.165) is 51.6 Å². The topological polar surface area (TPSA) is 115 Å². The number of ether oxygens (including phenoxy) is 1. The number of aliphatic hydroxyl groups is 1. The number of hydrogen-bond acceptors (Lipinski definition) is 7. The number of hydrogen-bond donors (Lipinski definition) is 2. The van der Waals surface area contributed by atoms with Crippen LogP contribution in [0.25, 0.3) is 0 Å². The molecule has 9 heteroatoms. The minimum Gasteiger partial charge on any atom is -0.472 e. The molecular formula is C24H31N4O5+. The van der Waals surface area contributed by atoms with Gasteiger partial charge in [-0.15, -0.1) is 0 Å². The molecule has 0 spiro atoms. The second-order valence-electron chi connectivity index (χ2n) is 9.85. The minimum absolute atomic E-state index is 0.101.